The molecule has 0 unspecified atom stereocenters. The van der Waals surface area contributed by atoms with Crippen LogP contribution in [0.25, 0.3) is 0 Å². The Morgan fingerprint density at radius 1 is 1.04 bits per heavy atom. The van der Waals surface area contributed by atoms with Gasteiger partial charge in [0.05, 0.1) is 0 Å². The van der Waals surface area contributed by atoms with E-state index in [1.54, 1.807) is 0 Å². The number of piperazine rings is 1. The first kappa shape index (κ1) is 20.5. The molecule has 0 spiro atoms. The van der Waals surface area contributed by atoms with E-state index in [1.165, 1.54) is 33.6 Å². The van der Waals surface area contributed by atoms with Crippen LogP contribution in [0.15, 0.2) is 49.1 Å². The fourth-order valence-electron chi connectivity index (χ4n) is 4.08. The molecule has 1 saturated heterocycles. The Morgan fingerprint density at radius 2 is 1.79 bits per heavy atom. The average Bonchev–Trinajstić information content (AvgIpc) is 2.69. The number of hydrogen-bond acceptors (Lipinski definition) is 3. The van der Waals surface area contributed by atoms with Crippen molar-refractivity contribution in [1.29, 1.82) is 0 Å². The molecular formula is C25H35N3. The Kier molecular flexibility index (Phi) is 6.79. The van der Waals surface area contributed by atoms with Gasteiger partial charge in [0.25, 0.3) is 0 Å². The van der Waals surface area contributed by atoms with E-state index < -0.39 is 0 Å². The minimum atomic E-state index is 1.03. The summed E-state index contributed by atoms with van der Waals surface area (Å²) in [6.07, 6.45) is 4.09. The third-order valence-corrected chi connectivity index (χ3v) is 5.94. The predicted octanol–water partition coefficient (Wildman–Crippen LogP) is 4.81. The zero-order valence-corrected chi connectivity index (χ0v) is 18.0. The molecule has 150 valence electrons. The molecule has 1 aliphatic heterocycles. The number of allylic oxidation sites excluding steroid dienone is 1. The molecule has 0 amide bonds. The summed E-state index contributed by atoms with van der Waals surface area (Å²) in [5.74, 6) is 0. The van der Waals surface area contributed by atoms with Gasteiger partial charge in [0.2, 0.25) is 0 Å². The molecule has 0 aliphatic carbocycles. The largest absolute Gasteiger partial charge is 0.377 e. The van der Waals surface area contributed by atoms with Crippen LogP contribution >= 0.6 is 0 Å². The molecule has 1 aliphatic rings. The number of benzene rings is 2. The molecule has 0 saturated carbocycles. The SMILES string of the molecule is C=CCCc1ccc(CN2CCN(c3cccc(C)c3C)CC2)cc1N(C)C. The van der Waals surface area contributed by atoms with Crippen molar-refractivity contribution in [2.24, 2.45) is 0 Å². The molecule has 2 aromatic carbocycles. The molecule has 3 nitrogen and oxygen atoms in total. The van der Waals surface area contributed by atoms with Crippen LogP contribution in [0, 0.1) is 13.8 Å². The highest BCUT2D eigenvalue weighted by atomic mass is 15.3. The monoisotopic (exact) mass is 377 g/mol. The number of rotatable bonds is 7. The topological polar surface area (TPSA) is 9.72 Å². The summed E-state index contributed by atoms with van der Waals surface area (Å²) in [6, 6.07) is 13.6. The van der Waals surface area contributed by atoms with Crippen LogP contribution in [0.2, 0.25) is 0 Å². The minimum absolute atomic E-state index is 1.03. The fourth-order valence-corrected chi connectivity index (χ4v) is 4.08. The van der Waals surface area contributed by atoms with Crippen LogP contribution in [-0.4, -0.2) is 45.2 Å². The van der Waals surface area contributed by atoms with Gasteiger partial charge in [0, 0.05) is 58.2 Å². The van der Waals surface area contributed by atoms with Gasteiger partial charge in [-0.1, -0.05) is 30.3 Å². The lowest BCUT2D eigenvalue weighted by molar-refractivity contribution is 0.250. The summed E-state index contributed by atoms with van der Waals surface area (Å²) in [5.41, 5.74) is 8.36. The third-order valence-electron chi connectivity index (χ3n) is 5.94. The highest BCUT2D eigenvalue weighted by Gasteiger charge is 2.19. The number of nitrogens with zero attached hydrogens (tertiary/aromatic N) is 3. The van der Waals surface area contributed by atoms with Crippen molar-refractivity contribution in [3.8, 4) is 0 Å². The normalized spacial score (nSPS) is 14.9. The van der Waals surface area contributed by atoms with Crippen LogP contribution in [0.1, 0.15) is 28.7 Å². The second kappa shape index (κ2) is 9.29. The zero-order valence-electron chi connectivity index (χ0n) is 18.0. The maximum absolute atomic E-state index is 3.86. The van der Waals surface area contributed by atoms with Crippen LogP contribution < -0.4 is 9.80 Å². The van der Waals surface area contributed by atoms with Gasteiger partial charge in [0.15, 0.2) is 0 Å². The third kappa shape index (κ3) is 4.77. The Bertz CT molecular complexity index is 801. The van der Waals surface area contributed by atoms with Crippen molar-refractivity contribution in [2.75, 3.05) is 50.1 Å². The molecular weight excluding hydrogens is 342 g/mol. The van der Waals surface area contributed by atoms with Gasteiger partial charge in [-0.05, 0) is 61.1 Å². The Labute approximate surface area is 171 Å². The molecule has 0 atom stereocenters. The molecule has 0 radical (unpaired) electrons. The summed E-state index contributed by atoms with van der Waals surface area (Å²) >= 11 is 0. The maximum atomic E-state index is 3.86. The second-order valence-electron chi connectivity index (χ2n) is 8.17. The number of hydrogen-bond donors (Lipinski definition) is 0. The summed E-state index contributed by atoms with van der Waals surface area (Å²) in [7, 11) is 4.28. The molecule has 1 heterocycles. The van der Waals surface area contributed by atoms with E-state index in [-0.39, 0.29) is 0 Å². The van der Waals surface area contributed by atoms with Crippen LogP contribution in [0.5, 0.6) is 0 Å². The smallest absolute Gasteiger partial charge is 0.0399 e. The fraction of sp³-hybridized carbons (Fsp3) is 0.440. The van der Waals surface area contributed by atoms with E-state index in [4.69, 9.17) is 0 Å². The van der Waals surface area contributed by atoms with E-state index in [2.05, 4.69) is 85.6 Å². The quantitative estimate of drug-likeness (QED) is 0.641. The summed E-state index contributed by atoms with van der Waals surface area (Å²) in [5, 5.41) is 0. The molecule has 0 bridgehead atoms. The summed E-state index contributed by atoms with van der Waals surface area (Å²) < 4.78 is 0. The Morgan fingerprint density at radius 3 is 2.46 bits per heavy atom. The first-order valence-electron chi connectivity index (χ1n) is 10.4. The van der Waals surface area contributed by atoms with E-state index in [0.29, 0.717) is 0 Å². The average molecular weight is 378 g/mol. The van der Waals surface area contributed by atoms with Crippen LogP contribution in [0.4, 0.5) is 11.4 Å². The van der Waals surface area contributed by atoms with Crippen molar-refractivity contribution in [3.63, 3.8) is 0 Å². The summed E-state index contributed by atoms with van der Waals surface area (Å²) in [6.45, 7) is 13.8. The van der Waals surface area contributed by atoms with Gasteiger partial charge in [-0.25, -0.2) is 0 Å². The van der Waals surface area contributed by atoms with Crippen LogP contribution in [0.3, 0.4) is 0 Å². The number of aryl methyl sites for hydroxylation is 2. The first-order chi connectivity index (χ1) is 13.5. The standard InChI is InChI=1S/C25H35N3/c1-6-7-10-23-13-12-22(18-25(23)26(4)5)19-27-14-16-28(17-15-27)24-11-8-9-20(2)21(24)3/h6,8-9,11-13,18H,1,7,10,14-17,19H2,2-5H3. The van der Waals surface area contributed by atoms with Crippen molar-refractivity contribution in [2.45, 2.75) is 33.2 Å². The van der Waals surface area contributed by atoms with Gasteiger partial charge in [-0.15, -0.1) is 6.58 Å². The lowest BCUT2D eigenvalue weighted by atomic mass is 10.0. The highest BCUT2D eigenvalue weighted by Crippen LogP contribution is 2.26. The van der Waals surface area contributed by atoms with Crippen molar-refractivity contribution < 1.29 is 0 Å². The molecule has 2 aromatic rings. The van der Waals surface area contributed by atoms with E-state index >= 15 is 0 Å². The number of anilines is 2. The van der Waals surface area contributed by atoms with Gasteiger partial charge in [0.1, 0.15) is 0 Å². The van der Waals surface area contributed by atoms with Gasteiger partial charge < -0.3 is 9.80 Å². The minimum Gasteiger partial charge on any atom is -0.377 e. The van der Waals surface area contributed by atoms with E-state index in [1.807, 2.05) is 6.08 Å². The Balaban J connectivity index is 1.63. The van der Waals surface area contributed by atoms with Crippen molar-refractivity contribution >= 4 is 11.4 Å². The molecule has 3 heteroatoms. The van der Waals surface area contributed by atoms with E-state index in [9.17, 15) is 0 Å². The van der Waals surface area contributed by atoms with Crippen molar-refractivity contribution in [3.05, 3.63) is 71.3 Å². The van der Waals surface area contributed by atoms with Gasteiger partial charge >= 0.3 is 0 Å². The summed E-state index contributed by atoms with van der Waals surface area (Å²) in [4.78, 5) is 7.36. The lowest BCUT2D eigenvalue weighted by Crippen LogP contribution is -2.46. The highest BCUT2D eigenvalue weighted by molar-refractivity contribution is 5.56. The second-order valence-corrected chi connectivity index (χ2v) is 8.17. The van der Waals surface area contributed by atoms with Gasteiger partial charge in [-0.2, -0.15) is 0 Å². The van der Waals surface area contributed by atoms with Crippen LogP contribution in [-0.2, 0) is 13.0 Å². The molecule has 3 rings (SSSR count). The first-order valence-corrected chi connectivity index (χ1v) is 10.4. The van der Waals surface area contributed by atoms with E-state index in [0.717, 1.165) is 45.6 Å². The zero-order chi connectivity index (χ0) is 20.1. The Hall–Kier alpha value is -2.26. The molecule has 0 N–H and O–H groups in total. The molecule has 0 aromatic heterocycles. The lowest BCUT2D eigenvalue weighted by Gasteiger charge is -2.37. The predicted molar refractivity (Wildman–Crippen MR) is 123 cm³/mol. The molecule has 1 fully saturated rings. The maximum Gasteiger partial charge on any atom is 0.0399 e. The van der Waals surface area contributed by atoms with Crippen molar-refractivity contribution in [1.82, 2.24) is 4.90 Å². The van der Waals surface area contributed by atoms with Gasteiger partial charge in [-0.3, -0.25) is 4.90 Å². The molecule has 28 heavy (non-hydrogen) atoms.